The van der Waals surface area contributed by atoms with E-state index in [1.807, 2.05) is 0 Å². The lowest BCUT2D eigenvalue weighted by atomic mass is 9.93. The summed E-state index contributed by atoms with van der Waals surface area (Å²) in [5.41, 5.74) is -0.0147. The van der Waals surface area contributed by atoms with Gasteiger partial charge in [-0.1, -0.05) is 19.3 Å². The maximum atomic E-state index is 5.93. The van der Waals surface area contributed by atoms with Gasteiger partial charge in [-0.15, -0.1) is 11.6 Å². The quantitative estimate of drug-likeness (QED) is 0.649. The molecule has 1 rings (SSSR count). The molecule has 1 saturated carbocycles. The van der Waals surface area contributed by atoms with Crippen LogP contribution in [0.5, 0.6) is 0 Å². The highest BCUT2D eigenvalue weighted by Crippen LogP contribution is 2.24. The fourth-order valence-electron chi connectivity index (χ4n) is 2.55. The Labute approximate surface area is 112 Å². The third-order valence-electron chi connectivity index (χ3n) is 4.02. The molecule has 0 atom stereocenters. The van der Waals surface area contributed by atoms with Gasteiger partial charge in [0.1, 0.15) is 0 Å². The molecule has 0 unspecified atom stereocenters. The van der Waals surface area contributed by atoms with E-state index in [-0.39, 0.29) is 5.60 Å². The molecule has 1 aliphatic carbocycles. The molecule has 0 saturated heterocycles. The van der Waals surface area contributed by atoms with Crippen LogP contribution < -0.4 is 0 Å². The van der Waals surface area contributed by atoms with Crippen molar-refractivity contribution >= 4 is 11.6 Å². The summed E-state index contributed by atoms with van der Waals surface area (Å²) in [5.74, 6) is 0.740. The van der Waals surface area contributed by atoms with E-state index in [4.69, 9.17) is 16.3 Å². The molecule has 0 radical (unpaired) electrons. The molecule has 102 valence electrons. The molecule has 1 aliphatic rings. The van der Waals surface area contributed by atoms with Crippen molar-refractivity contribution in [2.24, 2.45) is 0 Å². The van der Waals surface area contributed by atoms with E-state index >= 15 is 0 Å². The minimum atomic E-state index is -0.0147. The lowest BCUT2D eigenvalue weighted by molar-refractivity contribution is 0.00280. The lowest BCUT2D eigenvalue weighted by Gasteiger charge is -2.36. The average Bonchev–Trinajstić information content (AvgIpc) is 2.35. The fraction of sp³-hybridized carbons (Fsp3) is 1.00. The maximum Gasteiger partial charge on any atom is 0.0634 e. The Morgan fingerprint density at radius 3 is 2.35 bits per heavy atom. The first kappa shape index (κ1) is 15.3. The summed E-state index contributed by atoms with van der Waals surface area (Å²) in [6.07, 6.45) is 7.97. The Bertz CT molecular complexity index is 202. The number of hydrogen-bond acceptors (Lipinski definition) is 2. The van der Waals surface area contributed by atoms with Crippen molar-refractivity contribution in [1.82, 2.24) is 4.90 Å². The van der Waals surface area contributed by atoms with E-state index in [1.54, 1.807) is 7.11 Å². The third-order valence-corrected chi connectivity index (χ3v) is 4.19. The summed E-state index contributed by atoms with van der Waals surface area (Å²) in [6, 6.07) is 0.759. The Morgan fingerprint density at radius 1 is 1.18 bits per heavy atom. The van der Waals surface area contributed by atoms with Crippen LogP contribution in [0.25, 0.3) is 0 Å². The van der Waals surface area contributed by atoms with Crippen molar-refractivity contribution in [2.75, 3.05) is 26.1 Å². The van der Waals surface area contributed by atoms with Gasteiger partial charge in [-0.05, 0) is 33.1 Å². The van der Waals surface area contributed by atoms with Crippen LogP contribution in [0.3, 0.4) is 0 Å². The zero-order valence-corrected chi connectivity index (χ0v) is 12.4. The normalized spacial score (nSPS) is 18.9. The van der Waals surface area contributed by atoms with Gasteiger partial charge >= 0.3 is 0 Å². The molecule has 0 aromatic heterocycles. The van der Waals surface area contributed by atoms with E-state index in [0.29, 0.717) is 0 Å². The van der Waals surface area contributed by atoms with Gasteiger partial charge in [-0.2, -0.15) is 0 Å². The number of alkyl halides is 1. The topological polar surface area (TPSA) is 12.5 Å². The van der Waals surface area contributed by atoms with Gasteiger partial charge in [-0.3, -0.25) is 4.90 Å². The van der Waals surface area contributed by atoms with Crippen molar-refractivity contribution in [3.63, 3.8) is 0 Å². The van der Waals surface area contributed by atoms with Gasteiger partial charge in [0.15, 0.2) is 0 Å². The molecule has 1 fully saturated rings. The Balaban J connectivity index is 2.41. The molecule has 17 heavy (non-hydrogen) atoms. The second-order valence-corrected chi connectivity index (χ2v) is 6.11. The summed E-state index contributed by atoms with van der Waals surface area (Å²) in [5, 5.41) is 0. The zero-order valence-electron chi connectivity index (χ0n) is 11.7. The number of rotatable bonds is 7. The van der Waals surface area contributed by atoms with Gasteiger partial charge in [0.25, 0.3) is 0 Å². The van der Waals surface area contributed by atoms with E-state index in [9.17, 15) is 0 Å². The highest BCUT2D eigenvalue weighted by Gasteiger charge is 2.23. The average molecular weight is 262 g/mol. The molecule has 2 nitrogen and oxygen atoms in total. The second-order valence-electron chi connectivity index (χ2n) is 5.73. The minimum absolute atomic E-state index is 0.0147. The Morgan fingerprint density at radius 2 is 1.82 bits per heavy atom. The molecular weight excluding hydrogens is 234 g/mol. The predicted molar refractivity (Wildman–Crippen MR) is 74.9 cm³/mol. The standard InChI is InChI=1S/C14H28ClNO/c1-14(2,17-3)9-11-16(12-10-15)13-7-5-4-6-8-13/h13H,4-12H2,1-3H3. The van der Waals surface area contributed by atoms with Crippen molar-refractivity contribution in [3.8, 4) is 0 Å². The number of hydrogen-bond donors (Lipinski definition) is 0. The third kappa shape index (κ3) is 5.58. The highest BCUT2D eigenvalue weighted by molar-refractivity contribution is 6.18. The summed E-state index contributed by atoms with van der Waals surface area (Å²) in [7, 11) is 1.80. The molecule has 3 heteroatoms. The van der Waals surface area contributed by atoms with Crippen LogP contribution in [-0.4, -0.2) is 42.6 Å². The summed E-state index contributed by atoms with van der Waals surface area (Å²) in [4.78, 5) is 2.58. The first-order valence-electron chi connectivity index (χ1n) is 6.94. The van der Waals surface area contributed by atoms with Crippen LogP contribution in [0.4, 0.5) is 0 Å². The van der Waals surface area contributed by atoms with Crippen LogP contribution >= 0.6 is 11.6 Å². The molecule has 0 aromatic rings. The van der Waals surface area contributed by atoms with Gasteiger partial charge < -0.3 is 4.74 Å². The van der Waals surface area contributed by atoms with Crippen LogP contribution in [0.15, 0.2) is 0 Å². The van der Waals surface area contributed by atoms with Gasteiger partial charge in [0.2, 0.25) is 0 Å². The van der Waals surface area contributed by atoms with E-state index in [0.717, 1.165) is 31.4 Å². The molecular formula is C14H28ClNO. The summed E-state index contributed by atoms with van der Waals surface area (Å²) >= 11 is 5.93. The molecule has 0 aliphatic heterocycles. The lowest BCUT2D eigenvalue weighted by Crippen LogP contribution is -2.41. The zero-order chi connectivity index (χ0) is 12.7. The molecule has 0 bridgehead atoms. The Kier molecular flexibility index (Phi) is 6.83. The first-order chi connectivity index (χ1) is 8.09. The van der Waals surface area contributed by atoms with Crippen molar-refractivity contribution < 1.29 is 4.74 Å². The summed E-state index contributed by atoms with van der Waals surface area (Å²) in [6.45, 7) is 6.45. The van der Waals surface area contributed by atoms with Crippen LogP contribution in [-0.2, 0) is 4.74 Å². The number of halogens is 1. The van der Waals surface area contributed by atoms with E-state index < -0.39 is 0 Å². The highest BCUT2D eigenvalue weighted by atomic mass is 35.5. The molecule has 0 N–H and O–H groups in total. The Hall–Kier alpha value is 0.210. The predicted octanol–water partition coefficient (Wildman–Crippen LogP) is 3.68. The van der Waals surface area contributed by atoms with Gasteiger partial charge in [0.05, 0.1) is 5.60 Å². The number of ether oxygens (including phenoxy) is 1. The van der Waals surface area contributed by atoms with Crippen molar-refractivity contribution in [2.45, 2.75) is 64.0 Å². The largest absolute Gasteiger partial charge is 0.379 e. The van der Waals surface area contributed by atoms with Crippen LogP contribution in [0, 0.1) is 0 Å². The molecule has 0 aromatic carbocycles. The number of methoxy groups -OCH3 is 1. The van der Waals surface area contributed by atoms with Crippen molar-refractivity contribution in [3.05, 3.63) is 0 Å². The van der Waals surface area contributed by atoms with Gasteiger partial charge in [-0.25, -0.2) is 0 Å². The fourth-order valence-corrected chi connectivity index (χ4v) is 2.76. The van der Waals surface area contributed by atoms with E-state index in [1.165, 1.54) is 32.1 Å². The monoisotopic (exact) mass is 261 g/mol. The van der Waals surface area contributed by atoms with E-state index in [2.05, 4.69) is 18.7 Å². The van der Waals surface area contributed by atoms with Crippen molar-refractivity contribution in [1.29, 1.82) is 0 Å². The SMILES string of the molecule is COC(C)(C)CCN(CCCl)C1CCCCC1. The van der Waals surface area contributed by atoms with Crippen LogP contribution in [0.2, 0.25) is 0 Å². The maximum absolute atomic E-state index is 5.93. The number of nitrogens with zero attached hydrogens (tertiary/aromatic N) is 1. The molecule has 0 spiro atoms. The smallest absolute Gasteiger partial charge is 0.0634 e. The minimum Gasteiger partial charge on any atom is -0.379 e. The first-order valence-corrected chi connectivity index (χ1v) is 7.47. The molecule has 0 heterocycles. The van der Waals surface area contributed by atoms with Gasteiger partial charge in [0, 0.05) is 32.1 Å². The second kappa shape index (κ2) is 7.60. The summed E-state index contributed by atoms with van der Waals surface area (Å²) < 4.78 is 5.49. The van der Waals surface area contributed by atoms with Crippen LogP contribution in [0.1, 0.15) is 52.4 Å². The molecule has 0 amide bonds.